The Morgan fingerprint density at radius 1 is 1.30 bits per heavy atom. The summed E-state index contributed by atoms with van der Waals surface area (Å²) in [6.45, 7) is 0.238. The van der Waals surface area contributed by atoms with Crippen LogP contribution >= 0.6 is 31.9 Å². The number of sulfonamides is 1. The number of rotatable bonds is 3. The van der Waals surface area contributed by atoms with Crippen LogP contribution in [0.4, 0.5) is 0 Å². The highest BCUT2D eigenvalue weighted by molar-refractivity contribution is 9.11. The molecule has 8 heteroatoms. The molecular formula is C12H13Br2NO4S. The number of carbonyl (C=O) groups is 1. The van der Waals surface area contributed by atoms with Gasteiger partial charge in [-0.05, 0) is 53.4 Å². The third-order valence-corrected chi connectivity index (χ3v) is 6.60. The van der Waals surface area contributed by atoms with Gasteiger partial charge in [-0.15, -0.1) is 0 Å². The summed E-state index contributed by atoms with van der Waals surface area (Å²) >= 11 is 6.48. The SMILES string of the molecule is O=C(O)C1CCCCN1S(=O)(=O)c1ccc(Br)cc1Br. The molecule has 1 atom stereocenters. The highest BCUT2D eigenvalue weighted by Gasteiger charge is 2.38. The van der Waals surface area contributed by atoms with Gasteiger partial charge in [0.25, 0.3) is 0 Å². The van der Waals surface area contributed by atoms with Gasteiger partial charge in [0, 0.05) is 15.5 Å². The van der Waals surface area contributed by atoms with E-state index in [0.29, 0.717) is 17.3 Å². The molecule has 1 aromatic carbocycles. The zero-order valence-corrected chi connectivity index (χ0v) is 14.4. The zero-order valence-electron chi connectivity index (χ0n) is 10.4. The molecule has 1 fully saturated rings. The average Bonchev–Trinajstić information content (AvgIpc) is 2.38. The van der Waals surface area contributed by atoms with E-state index >= 15 is 0 Å². The van der Waals surface area contributed by atoms with Crippen molar-refractivity contribution in [1.29, 1.82) is 0 Å². The summed E-state index contributed by atoms with van der Waals surface area (Å²) in [6, 6.07) is 3.74. The van der Waals surface area contributed by atoms with Gasteiger partial charge in [-0.1, -0.05) is 15.9 Å². The van der Waals surface area contributed by atoms with E-state index in [1.165, 1.54) is 6.07 Å². The summed E-state index contributed by atoms with van der Waals surface area (Å²) in [7, 11) is -3.82. The second kappa shape index (κ2) is 6.13. The molecule has 110 valence electrons. The van der Waals surface area contributed by atoms with E-state index in [1.807, 2.05) is 0 Å². The van der Waals surface area contributed by atoms with Gasteiger partial charge in [0.15, 0.2) is 0 Å². The van der Waals surface area contributed by atoms with Crippen LogP contribution in [0.5, 0.6) is 0 Å². The van der Waals surface area contributed by atoms with Gasteiger partial charge in [0.1, 0.15) is 6.04 Å². The van der Waals surface area contributed by atoms with Crippen molar-refractivity contribution < 1.29 is 18.3 Å². The minimum absolute atomic E-state index is 0.0915. The van der Waals surface area contributed by atoms with Crippen LogP contribution < -0.4 is 0 Å². The van der Waals surface area contributed by atoms with Crippen LogP contribution in [0.2, 0.25) is 0 Å². The normalized spacial score (nSPS) is 20.8. The van der Waals surface area contributed by atoms with E-state index in [4.69, 9.17) is 0 Å². The third-order valence-electron chi connectivity index (χ3n) is 3.22. The van der Waals surface area contributed by atoms with Gasteiger partial charge < -0.3 is 5.11 Å². The Morgan fingerprint density at radius 2 is 2.00 bits per heavy atom. The van der Waals surface area contributed by atoms with Gasteiger partial charge in [0.05, 0.1) is 4.90 Å². The molecule has 1 N–H and O–H groups in total. The minimum Gasteiger partial charge on any atom is -0.480 e. The summed E-state index contributed by atoms with van der Waals surface area (Å²) in [5.74, 6) is -1.10. The molecule has 1 heterocycles. The molecule has 0 bridgehead atoms. The summed E-state index contributed by atoms with van der Waals surface area (Å²) in [4.78, 5) is 11.3. The first-order chi connectivity index (χ1) is 9.34. The quantitative estimate of drug-likeness (QED) is 0.806. The van der Waals surface area contributed by atoms with Crippen LogP contribution in [-0.4, -0.2) is 36.4 Å². The molecule has 0 aromatic heterocycles. The number of carboxylic acids is 1. The monoisotopic (exact) mass is 425 g/mol. The van der Waals surface area contributed by atoms with Crippen LogP contribution in [0, 0.1) is 0 Å². The van der Waals surface area contributed by atoms with Crippen molar-refractivity contribution in [3.05, 3.63) is 27.1 Å². The van der Waals surface area contributed by atoms with Gasteiger partial charge in [-0.2, -0.15) is 4.31 Å². The van der Waals surface area contributed by atoms with E-state index in [2.05, 4.69) is 31.9 Å². The number of nitrogens with zero attached hydrogens (tertiary/aromatic N) is 1. The lowest BCUT2D eigenvalue weighted by Crippen LogP contribution is -2.47. The molecule has 1 aromatic rings. The standard InChI is InChI=1S/C12H13Br2NO4S/c13-8-4-5-11(9(14)7-8)20(18,19)15-6-2-1-3-10(15)12(16)17/h4-5,7,10H,1-3,6H2,(H,16,17). The van der Waals surface area contributed by atoms with Crippen LogP contribution in [0.15, 0.2) is 32.0 Å². The van der Waals surface area contributed by atoms with Crippen molar-refractivity contribution >= 4 is 47.9 Å². The molecule has 1 aliphatic rings. The first-order valence-electron chi connectivity index (χ1n) is 6.04. The first-order valence-corrected chi connectivity index (χ1v) is 9.06. The Hall–Kier alpha value is -0.440. The molecule has 0 spiro atoms. The first kappa shape index (κ1) is 15.9. The molecule has 0 saturated carbocycles. The lowest BCUT2D eigenvalue weighted by Gasteiger charge is -2.32. The Labute approximate surface area is 134 Å². The number of piperidine rings is 1. The fourth-order valence-electron chi connectivity index (χ4n) is 2.25. The Balaban J connectivity index is 2.45. The number of carboxylic acid groups (broad SMARTS) is 1. The molecule has 1 aliphatic heterocycles. The molecule has 1 unspecified atom stereocenters. The molecule has 0 radical (unpaired) electrons. The van der Waals surface area contributed by atoms with E-state index in [1.54, 1.807) is 12.1 Å². The molecule has 0 amide bonds. The number of aliphatic carboxylic acids is 1. The topological polar surface area (TPSA) is 74.7 Å². The zero-order chi connectivity index (χ0) is 14.9. The lowest BCUT2D eigenvalue weighted by molar-refractivity contribution is -0.142. The van der Waals surface area contributed by atoms with Crippen LogP contribution in [0.3, 0.4) is 0 Å². The Morgan fingerprint density at radius 3 is 2.60 bits per heavy atom. The molecule has 0 aliphatic carbocycles. The lowest BCUT2D eigenvalue weighted by atomic mass is 10.1. The maximum Gasteiger partial charge on any atom is 0.322 e. The number of halogens is 2. The van der Waals surface area contributed by atoms with Crippen molar-refractivity contribution in [3.63, 3.8) is 0 Å². The van der Waals surface area contributed by atoms with Crippen LogP contribution in [0.1, 0.15) is 19.3 Å². The Kier molecular flexibility index (Phi) is 4.88. The molecule has 5 nitrogen and oxygen atoms in total. The van der Waals surface area contributed by atoms with E-state index in [0.717, 1.165) is 15.2 Å². The van der Waals surface area contributed by atoms with Crippen molar-refractivity contribution in [3.8, 4) is 0 Å². The highest BCUT2D eigenvalue weighted by atomic mass is 79.9. The summed E-state index contributed by atoms with van der Waals surface area (Å²) in [5.41, 5.74) is 0. The average molecular weight is 427 g/mol. The van der Waals surface area contributed by atoms with Gasteiger partial charge in [0.2, 0.25) is 10.0 Å². The van der Waals surface area contributed by atoms with Gasteiger partial charge in [-0.3, -0.25) is 4.79 Å². The molecular weight excluding hydrogens is 414 g/mol. The fourth-order valence-corrected chi connectivity index (χ4v) is 5.61. The molecule has 1 saturated heterocycles. The van der Waals surface area contributed by atoms with Crippen molar-refractivity contribution in [2.75, 3.05) is 6.54 Å². The largest absolute Gasteiger partial charge is 0.480 e. The second-order valence-electron chi connectivity index (χ2n) is 4.54. The van der Waals surface area contributed by atoms with E-state index < -0.39 is 22.0 Å². The summed E-state index contributed by atoms with van der Waals surface area (Å²) in [5, 5.41) is 9.21. The van der Waals surface area contributed by atoms with Crippen molar-refractivity contribution in [2.24, 2.45) is 0 Å². The smallest absolute Gasteiger partial charge is 0.322 e. The van der Waals surface area contributed by atoms with Gasteiger partial charge >= 0.3 is 5.97 Å². The number of benzene rings is 1. The number of hydrogen-bond acceptors (Lipinski definition) is 3. The van der Waals surface area contributed by atoms with Crippen LogP contribution in [-0.2, 0) is 14.8 Å². The van der Waals surface area contributed by atoms with Crippen LogP contribution in [0.25, 0.3) is 0 Å². The predicted molar refractivity (Wildman–Crippen MR) is 81.0 cm³/mol. The Bertz CT molecular complexity index is 632. The minimum atomic E-state index is -3.82. The maximum absolute atomic E-state index is 12.7. The van der Waals surface area contributed by atoms with Gasteiger partial charge in [-0.25, -0.2) is 8.42 Å². The summed E-state index contributed by atoms with van der Waals surface area (Å²) < 4.78 is 27.6. The molecule has 20 heavy (non-hydrogen) atoms. The molecule has 2 rings (SSSR count). The third kappa shape index (κ3) is 3.08. The predicted octanol–water partition coefficient (Wildman–Crippen LogP) is 2.84. The highest BCUT2D eigenvalue weighted by Crippen LogP contribution is 2.31. The number of hydrogen-bond donors (Lipinski definition) is 1. The van der Waals surface area contributed by atoms with Crippen molar-refractivity contribution in [1.82, 2.24) is 4.31 Å². The second-order valence-corrected chi connectivity index (χ2v) is 8.17. The maximum atomic E-state index is 12.7. The van der Waals surface area contributed by atoms with E-state index in [-0.39, 0.29) is 11.4 Å². The van der Waals surface area contributed by atoms with E-state index in [9.17, 15) is 18.3 Å². The summed E-state index contributed by atoms with van der Waals surface area (Å²) in [6.07, 6.45) is 1.75. The fraction of sp³-hybridized carbons (Fsp3) is 0.417. The van der Waals surface area contributed by atoms with Crippen molar-refractivity contribution in [2.45, 2.75) is 30.2 Å².